The quantitative estimate of drug-likeness (QED) is 0.796. The summed E-state index contributed by atoms with van der Waals surface area (Å²) in [4.78, 5) is 1.97. The van der Waals surface area contributed by atoms with Crippen LogP contribution in [0.1, 0.15) is 12.8 Å². The number of nitrogen functional groups attached to an aromatic ring is 1. The molecule has 1 saturated heterocycles. The van der Waals surface area contributed by atoms with Crippen molar-refractivity contribution in [3.8, 4) is 0 Å². The van der Waals surface area contributed by atoms with E-state index in [1.54, 1.807) is 0 Å². The Morgan fingerprint density at radius 3 is 2.85 bits per heavy atom. The second kappa shape index (κ2) is 5.97. The number of nitrogens with two attached hydrogens (primary N) is 1. The molecule has 0 aliphatic carbocycles. The van der Waals surface area contributed by atoms with Crippen LogP contribution in [-0.4, -0.2) is 39.5 Å². The van der Waals surface area contributed by atoms with Crippen LogP contribution in [0.2, 0.25) is 0 Å². The van der Waals surface area contributed by atoms with Crippen LogP contribution in [0, 0.1) is 5.82 Å². The van der Waals surface area contributed by atoms with Gasteiger partial charge < -0.3 is 10.6 Å². The van der Waals surface area contributed by atoms with Crippen LogP contribution in [-0.2, 0) is 10.0 Å². The van der Waals surface area contributed by atoms with Gasteiger partial charge in [-0.25, -0.2) is 17.5 Å². The number of likely N-dealkylation sites (N-methyl/N-ethyl adjacent to an activating group) is 1. The van der Waals surface area contributed by atoms with Crippen LogP contribution in [0.15, 0.2) is 21.5 Å². The number of benzene rings is 1. The van der Waals surface area contributed by atoms with Crippen LogP contribution in [0.25, 0.3) is 0 Å². The Morgan fingerprint density at radius 1 is 1.50 bits per heavy atom. The number of rotatable bonds is 3. The second-order valence-electron chi connectivity index (χ2n) is 5.03. The van der Waals surface area contributed by atoms with Crippen molar-refractivity contribution in [1.29, 1.82) is 0 Å². The molecule has 0 saturated carbocycles. The Bertz CT molecular complexity index is 609. The number of hydrogen-bond acceptors (Lipinski definition) is 4. The Balaban J connectivity index is 2.24. The van der Waals surface area contributed by atoms with Gasteiger partial charge in [0.15, 0.2) is 0 Å². The molecular formula is C12H17BrFN3O2S. The van der Waals surface area contributed by atoms with Gasteiger partial charge in [0.25, 0.3) is 0 Å². The molecule has 1 aliphatic heterocycles. The number of nitrogens with zero attached hydrogens (tertiary/aromatic N) is 1. The lowest BCUT2D eigenvalue weighted by atomic mass is 10.1. The molecule has 1 aliphatic rings. The van der Waals surface area contributed by atoms with E-state index in [1.165, 1.54) is 6.07 Å². The monoisotopic (exact) mass is 365 g/mol. The Morgan fingerprint density at radius 2 is 2.20 bits per heavy atom. The second-order valence-corrected chi connectivity index (χ2v) is 7.56. The maximum Gasteiger partial charge on any atom is 0.242 e. The maximum atomic E-state index is 13.3. The molecule has 1 atom stereocenters. The molecule has 20 heavy (non-hydrogen) atoms. The van der Waals surface area contributed by atoms with Crippen LogP contribution in [0.3, 0.4) is 0 Å². The number of likely N-dealkylation sites (tertiary alicyclic amines) is 1. The number of sulfonamides is 1. The maximum absolute atomic E-state index is 13.3. The van der Waals surface area contributed by atoms with Gasteiger partial charge in [-0.2, -0.15) is 0 Å². The third kappa shape index (κ3) is 3.49. The van der Waals surface area contributed by atoms with Gasteiger partial charge in [-0.05, 0) is 54.5 Å². The molecule has 1 fully saturated rings. The van der Waals surface area contributed by atoms with E-state index in [9.17, 15) is 12.8 Å². The van der Waals surface area contributed by atoms with Crippen LogP contribution in [0.4, 0.5) is 10.1 Å². The van der Waals surface area contributed by atoms with E-state index in [4.69, 9.17) is 5.73 Å². The van der Waals surface area contributed by atoms with Gasteiger partial charge in [-0.1, -0.05) is 0 Å². The van der Waals surface area contributed by atoms with Crippen molar-refractivity contribution in [3.05, 3.63) is 22.4 Å². The van der Waals surface area contributed by atoms with Crippen molar-refractivity contribution >= 4 is 31.6 Å². The normalized spacial score (nSPS) is 21.1. The van der Waals surface area contributed by atoms with Gasteiger partial charge in [0.2, 0.25) is 10.0 Å². The molecule has 3 N–H and O–H groups in total. The topological polar surface area (TPSA) is 75.4 Å². The summed E-state index contributed by atoms with van der Waals surface area (Å²) in [6, 6.07) is 2.05. The van der Waals surface area contributed by atoms with Crippen LogP contribution < -0.4 is 10.5 Å². The van der Waals surface area contributed by atoms with E-state index in [0.717, 1.165) is 25.5 Å². The highest BCUT2D eigenvalue weighted by Gasteiger charge is 2.26. The molecule has 0 amide bonds. The summed E-state index contributed by atoms with van der Waals surface area (Å²) < 4.78 is 40.7. The molecule has 1 heterocycles. The fraction of sp³-hybridized carbons (Fsp3) is 0.500. The zero-order valence-corrected chi connectivity index (χ0v) is 13.5. The lowest BCUT2D eigenvalue weighted by Crippen LogP contribution is -2.46. The average Bonchev–Trinajstić information content (AvgIpc) is 2.33. The zero-order valence-electron chi connectivity index (χ0n) is 11.1. The van der Waals surface area contributed by atoms with Gasteiger partial charge >= 0.3 is 0 Å². The molecule has 112 valence electrons. The lowest BCUT2D eigenvalue weighted by Gasteiger charge is -2.30. The van der Waals surface area contributed by atoms with E-state index >= 15 is 0 Å². The third-order valence-electron chi connectivity index (χ3n) is 3.29. The number of piperidine rings is 1. The molecule has 0 radical (unpaired) electrons. The van der Waals surface area contributed by atoms with Crippen molar-refractivity contribution in [2.24, 2.45) is 0 Å². The number of nitrogens with one attached hydrogen (secondary N) is 1. The molecule has 0 bridgehead atoms. The highest BCUT2D eigenvalue weighted by molar-refractivity contribution is 9.10. The van der Waals surface area contributed by atoms with Gasteiger partial charge in [0.1, 0.15) is 10.7 Å². The molecule has 8 heteroatoms. The van der Waals surface area contributed by atoms with Crippen LogP contribution >= 0.6 is 15.9 Å². The first-order chi connectivity index (χ1) is 9.29. The number of halogens is 2. The van der Waals surface area contributed by atoms with Gasteiger partial charge in [0.05, 0.1) is 10.2 Å². The summed E-state index contributed by atoms with van der Waals surface area (Å²) in [6.07, 6.45) is 1.72. The fourth-order valence-corrected chi connectivity index (χ4v) is 4.22. The van der Waals surface area contributed by atoms with Crippen molar-refractivity contribution in [2.45, 2.75) is 23.8 Å². The molecule has 2 rings (SSSR count). The summed E-state index contributed by atoms with van der Waals surface area (Å²) in [5.41, 5.74) is 5.52. The first-order valence-electron chi connectivity index (χ1n) is 6.25. The summed E-state index contributed by atoms with van der Waals surface area (Å²) in [5.74, 6) is -0.584. The lowest BCUT2D eigenvalue weighted by molar-refractivity contribution is 0.242. The summed E-state index contributed by atoms with van der Waals surface area (Å²) in [7, 11) is -1.80. The molecule has 1 aromatic carbocycles. The minimum atomic E-state index is -3.75. The minimum Gasteiger partial charge on any atom is -0.398 e. The predicted octanol–water partition coefficient (Wildman–Crippen LogP) is 1.54. The van der Waals surface area contributed by atoms with Crippen molar-refractivity contribution < 1.29 is 12.8 Å². The molecular weight excluding hydrogens is 349 g/mol. The molecule has 0 spiro atoms. The van der Waals surface area contributed by atoms with Gasteiger partial charge in [-0.15, -0.1) is 0 Å². The Hall–Kier alpha value is -0.700. The van der Waals surface area contributed by atoms with E-state index < -0.39 is 15.8 Å². The SMILES string of the molecule is CN1CCCC(NS(=O)(=O)c2cc(Br)c(F)cc2N)C1. The fourth-order valence-electron chi connectivity index (χ4n) is 2.32. The van der Waals surface area contributed by atoms with Crippen molar-refractivity contribution in [2.75, 3.05) is 25.9 Å². The first kappa shape index (κ1) is 15.7. The van der Waals surface area contributed by atoms with Crippen molar-refractivity contribution in [3.63, 3.8) is 0 Å². The average molecular weight is 366 g/mol. The predicted molar refractivity (Wildman–Crippen MR) is 79.4 cm³/mol. The molecule has 0 aromatic heterocycles. The summed E-state index contributed by atoms with van der Waals surface area (Å²) in [6.45, 7) is 1.62. The van der Waals surface area contributed by atoms with E-state index in [2.05, 4.69) is 25.6 Å². The largest absolute Gasteiger partial charge is 0.398 e. The van der Waals surface area contributed by atoms with Gasteiger partial charge in [0, 0.05) is 12.6 Å². The number of anilines is 1. The van der Waals surface area contributed by atoms with Crippen molar-refractivity contribution in [1.82, 2.24) is 9.62 Å². The number of hydrogen-bond donors (Lipinski definition) is 2. The molecule has 1 aromatic rings. The Labute approximate surface area is 126 Å². The van der Waals surface area contributed by atoms with E-state index in [0.29, 0.717) is 6.54 Å². The minimum absolute atomic E-state index is 0.0767. The standard InChI is InChI=1S/C12H17BrFN3O2S/c1-17-4-2-3-8(7-17)16-20(18,19)12-5-9(13)10(14)6-11(12)15/h5-6,8,16H,2-4,7,15H2,1H3. The van der Waals surface area contributed by atoms with Crippen LogP contribution in [0.5, 0.6) is 0 Å². The zero-order chi connectivity index (χ0) is 14.9. The van der Waals surface area contributed by atoms with E-state index in [-0.39, 0.29) is 21.1 Å². The molecule has 1 unspecified atom stereocenters. The smallest absolute Gasteiger partial charge is 0.242 e. The summed E-state index contributed by atoms with van der Waals surface area (Å²) >= 11 is 2.98. The van der Waals surface area contributed by atoms with Gasteiger partial charge in [-0.3, -0.25) is 0 Å². The summed E-state index contributed by atoms with van der Waals surface area (Å²) in [5, 5.41) is 0. The van der Waals surface area contributed by atoms with E-state index in [1.807, 2.05) is 7.05 Å². The first-order valence-corrected chi connectivity index (χ1v) is 8.52. The third-order valence-corrected chi connectivity index (χ3v) is 5.47. The highest BCUT2D eigenvalue weighted by Crippen LogP contribution is 2.26. The highest BCUT2D eigenvalue weighted by atomic mass is 79.9. The Kier molecular flexibility index (Phi) is 4.68. The molecule has 5 nitrogen and oxygen atoms in total.